The first-order chi connectivity index (χ1) is 9.97. The van der Waals surface area contributed by atoms with Gasteiger partial charge in [-0.05, 0) is 30.7 Å². The van der Waals surface area contributed by atoms with E-state index in [-0.39, 0.29) is 6.04 Å². The zero-order valence-corrected chi connectivity index (χ0v) is 11.8. The van der Waals surface area contributed by atoms with E-state index in [2.05, 4.69) is 9.47 Å². The summed E-state index contributed by atoms with van der Waals surface area (Å²) in [5.41, 5.74) is 0.973. The Balaban J connectivity index is 1.86. The minimum absolute atomic E-state index is 0.120. The van der Waals surface area contributed by atoms with Crippen molar-refractivity contribution in [1.29, 1.82) is 0 Å². The number of rotatable bonds is 2. The Labute approximate surface area is 121 Å². The van der Waals surface area contributed by atoms with Crippen molar-refractivity contribution in [3.8, 4) is 0 Å². The lowest BCUT2D eigenvalue weighted by atomic mass is 10.0. The Bertz CT molecular complexity index is 630. The van der Waals surface area contributed by atoms with E-state index < -0.39 is 11.7 Å². The van der Waals surface area contributed by atoms with Crippen molar-refractivity contribution in [2.45, 2.75) is 32.2 Å². The molecule has 2 heterocycles. The lowest BCUT2D eigenvalue weighted by molar-refractivity contribution is -0.138. The van der Waals surface area contributed by atoms with Crippen molar-refractivity contribution >= 4 is 0 Å². The monoisotopic (exact) mass is 294 g/mol. The standard InChI is InChI=1S/C16H17F3N2/c1-12-15-7-4-8-20(15)9-10-21(12)11-13-5-2-3-6-14(13)16(17,18)19/h2-8,12H,9-11H2,1H3. The minimum Gasteiger partial charge on any atom is -0.349 e. The van der Waals surface area contributed by atoms with Crippen LogP contribution in [0.25, 0.3) is 0 Å². The fourth-order valence-electron chi connectivity index (χ4n) is 3.00. The van der Waals surface area contributed by atoms with Gasteiger partial charge in [-0.1, -0.05) is 18.2 Å². The molecule has 112 valence electrons. The number of hydrogen-bond acceptors (Lipinski definition) is 1. The molecule has 0 saturated heterocycles. The van der Waals surface area contributed by atoms with Crippen LogP contribution in [-0.4, -0.2) is 16.0 Å². The molecule has 1 aromatic heterocycles. The minimum atomic E-state index is -4.30. The molecule has 1 aliphatic rings. The Morgan fingerprint density at radius 1 is 1.10 bits per heavy atom. The molecule has 0 radical (unpaired) electrons. The van der Waals surface area contributed by atoms with Gasteiger partial charge in [-0.3, -0.25) is 4.90 Å². The molecule has 2 nitrogen and oxygen atoms in total. The molecule has 0 fully saturated rings. The molecule has 21 heavy (non-hydrogen) atoms. The highest BCUT2D eigenvalue weighted by Gasteiger charge is 2.34. The number of benzene rings is 1. The third kappa shape index (κ3) is 2.70. The van der Waals surface area contributed by atoms with Crippen LogP contribution in [0, 0.1) is 0 Å². The summed E-state index contributed by atoms with van der Waals surface area (Å²) >= 11 is 0. The van der Waals surface area contributed by atoms with E-state index in [4.69, 9.17) is 0 Å². The molecule has 1 aliphatic heterocycles. The van der Waals surface area contributed by atoms with Crippen LogP contribution >= 0.6 is 0 Å². The molecule has 0 spiro atoms. The van der Waals surface area contributed by atoms with E-state index in [1.165, 1.54) is 6.07 Å². The third-order valence-electron chi connectivity index (χ3n) is 4.16. The zero-order valence-electron chi connectivity index (χ0n) is 11.8. The maximum Gasteiger partial charge on any atom is 0.416 e. The lowest BCUT2D eigenvalue weighted by Crippen LogP contribution is -2.36. The molecule has 0 N–H and O–H groups in total. The molecule has 0 saturated carbocycles. The fraction of sp³-hybridized carbons (Fsp3) is 0.375. The molecule has 1 unspecified atom stereocenters. The average molecular weight is 294 g/mol. The Kier molecular flexibility index (Phi) is 3.53. The fourth-order valence-corrected chi connectivity index (χ4v) is 3.00. The summed E-state index contributed by atoms with van der Waals surface area (Å²) in [6, 6.07) is 9.98. The maximum absolute atomic E-state index is 13.1. The van der Waals surface area contributed by atoms with Crippen molar-refractivity contribution < 1.29 is 13.2 Å². The number of fused-ring (bicyclic) bond motifs is 1. The maximum atomic E-state index is 13.1. The summed E-state index contributed by atoms with van der Waals surface area (Å²) in [5, 5.41) is 0. The molecule has 2 aromatic rings. The zero-order chi connectivity index (χ0) is 15.0. The van der Waals surface area contributed by atoms with Crippen molar-refractivity contribution in [1.82, 2.24) is 9.47 Å². The average Bonchev–Trinajstić information content (AvgIpc) is 2.90. The van der Waals surface area contributed by atoms with Gasteiger partial charge in [0.1, 0.15) is 0 Å². The highest BCUT2D eigenvalue weighted by Crippen LogP contribution is 2.34. The number of halogens is 3. The van der Waals surface area contributed by atoms with E-state index in [1.807, 2.05) is 25.3 Å². The first kappa shape index (κ1) is 14.2. The largest absolute Gasteiger partial charge is 0.416 e. The van der Waals surface area contributed by atoms with E-state index in [0.717, 1.165) is 24.8 Å². The molecule has 0 bridgehead atoms. The molecular weight excluding hydrogens is 277 g/mol. The summed E-state index contributed by atoms with van der Waals surface area (Å²) in [6.45, 7) is 3.94. The van der Waals surface area contributed by atoms with Gasteiger partial charge in [0.25, 0.3) is 0 Å². The molecule has 1 aromatic carbocycles. The van der Waals surface area contributed by atoms with Gasteiger partial charge >= 0.3 is 6.18 Å². The van der Waals surface area contributed by atoms with Crippen LogP contribution in [0.5, 0.6) is 0 Å². The normalized spacial score (nSPS) is 19.5. The van der Waals surface area contributed by atoms with Crippen LogP contribution in [0.1, 0.15) is 29.8 Å². The second-order valence-corrected chi connectivity index (χ2v) is 5.43. The Morgan fingerprint density at radius 2 is 1.86 bits per heavy atom. The molecule has 0 amide bonds. The smallest absolute Gasteiger partial charge is 0.349 e. The predicted molar refractivity (Wildman–Crippen MR) is 74.7 cm³/mol. The van der Waals surface area contributed by atoms with E-state index in [0.29, 0.717) is 12.1 Å². The quantitative estimate of drug-likeness (QED) is 0.810. The van der Waals surface area contributed by atoms with Gasteiger partial charge in [-0.25, -0.2) is 0 Å². The predicted octanol–water partition coefficient (Wildman–Crippen LogP) is 4.08. The highest BCUT2D eigenvalue weighted by atomic mass is 19.4. The van der Waals surface area contributed by atoms with E-state index in [9.17, 15) is 13.2 Å². The molecule has 5 heteroatoms. The van der Waals surface area contributed by atoms with Crippen LogP contribution in [0.3, 0.4) is 0 Å². The number of hydrogen-bond donors (Lipinski definition) is 0. The molecule has 0 aliphatic carbocycles. The van der Waals surface area contributed by atoms with E-state index in [1.54, 1.807) is 12.1 Å². The third-order valence-corrected chi connectivity index (χ3v) is 4.16. The van der Waals surface area contributed by atoms with Crippen molar-refractivity contribution in [3.05, 3.63) is 59.4 Å². The molecule has 3 rings (SSSR count). The highest BCUT2D eigenvalue weighted by molar-refractivity contribution is 5.30. The van der Waals surface area contributed by atoms with Crippen LogP contribution in [-0.2, 0) is 19.3 Å². The van der Waals surface area contributed by atoms with Crippen molar-refractivity contribution in [2.75, 3.05) is 6.54 Å². The van der Waals surface area contributed by atoms with Gasteiger partial charge in [0.15, 0.2) is 0 Å². The summed E-state index contributed by atoms with van der Waals surface area (Å²) in [6.07, 6.45) is -2.28. The first-order valence-electron chi connectivity index (χ1n) is 7.01. The van der Waals surface area contributed by atoms with Crippen molar-refractivity contribution in [2.24, 2.45) is 0 Å². The SMILES string of the molecule is CC1c2cccn2CCN1Cc1ccccc1C(F)(F)F. The second-order valence-electron chi connectivity index (χ2n) is 5.43. The summed E-state index contributed by atoms with van der Waals surface area (Å²) in [7, 11) is 0. The van der Waals surface area contributed by atoms with Gasteiger partial charge in [0.05, 0.1) is 5.56 Å². The van der Waals surface area contributed by atoms with Gasteiger partial charge in [-0.2, -0.15) is 13.2 Å². The summed E-state index contributed by atoms with van der Waals surface area (Å²) < 4.78 is 41.4. The van der Waals surface area contributed by atoms with Crippen LogP contribution in [0.2, 0.25) is 0 Å². The number of aromatic nitrogens is 1. The number of nitrogens with zero attached hydrogens (tertiary/aromatic N) is 2. The van der Waals surface area contributed by atoms with Gasteiger partial charge in [-0.15, -0.1) is 0 Å². The molecule has 1 atom stereocenters. The Hall–Kier alpha value is -1.75. The van der Waals surface area contributed by atoms with Crippen molar-refractivity contribution in [3.63, 3.8) is 0 Å². The molecular formula is C16H17F3N2. The lowest BCUT2D eigenvalue weighted by Gasteiger charge is -2.35. The Morgan fingerprint density at radius 3 is 2.62 bits per heavy atom. The second kappa shape index (κ2) is 5.22. The summed E-state index contributed by atoms with van der Waals surface area (Å²) in [5.74, 6) is 0. The first-order valence-corrected chi connectivity index (χ1v) is 7.01. The van der Waals surface area contributed by atoms with Gasteiger partial charge < -0.3 is 4.57 Å². The summed E-state index contributed by atoms with van der Waals surface area (Å²) in [4.78, 5) is 2.10. The van der Waals surface area contributed by atoms with Gasteiger partial charge in [0, 0.05) is 37.6 Å². The van der Waals surface area contributed by atoms with Gasteiger partial charge in [0.2, 0.25) is 0 Å². The topological polar surface area (TPSA) is 8.17 Å². The number of alkyl halides is 3. The van der Waals surface area contributed by atoms with Crippen LogP contribution in [0.15, 0.2) is 42.6 Å². The van der Waals surface area contributed by atoms with Crippen LogP contribution in [0.4, 0.5) is 13.2 Å². The van der Waals surface area contributed by atoms with E-state index >= 15 is 0 Å². The van der Waals surface area contributed by atoms with Crippen LogP contribution < -0.4 is 0 Å².